The van der Waals surface area contributed by atoms with Gasteiger partial charge in [-0.15, -0.1) is 0 Å². The molecule has 2 rings (SSSR count). The van der Waals surface area contributed by atoms with Gasteiger partial charge in [0, 0.05) is 23.5 Å². The van der Waals surface area contributed by atoms with Crippen molar-refractivity contribution < 1.29 is 0 Å². The molecular formula is C19H29N3S. The van der Waals surface area contributed by atoms with Crippen LogP contribution in [0.4, 0.5) is 11.4 Å². The second-order valence-electron chi connectivity index (χ2n) is 6.14. The zero-order valence-corrected chi connectivity index (χ0v) is 15.2. The molecule has 126 valence electrons. The highest BCUT2D eigenvalue weighted by molar-refractivity contribution is 7.08. The van der Waals surface area contributed by atoms with Crippen molar-refractivity contribution in [1.29, 1.82) is 0 Å². The van der Waals surface area contributed by atoms with Gasteiger partial charge < -0.3 is 11.5 Å². The Morgan fingerprint density at radius 3 is 2.30 bits per heavy atom. The van der Waals surface area contributed by atoms with Gasteiger partial charge in [-0.1, -0.05) is 26.7 Å². The molecule has 4 heteroatoms. The molecule has 4 N–H and O–H groups in total. The van der Waals surface area contributed by atoms with Gasteiger partial charge in [0.15, 0.2) is 0 Å². The topological polar surface area (TPSA) is 55.3 Å². The molecule has 0 bridgehead atoms. The monoisotopic (exact) mass is 331 g/mol. The summed E-state index contributed by atoms with van der Waals surface area (Å²) in [5, 5.41) is 4.45. The molecule has 0 saturated carbocycles. The molecule has 23 heavy (non-hydrogen) atoms. The Morgan fingerprint density at radius 2 is 1.65 bits per heavy atom. The van der Waals surface area contributed by atoms with Gasteiger partial charge in [0.1, 0.15) is 0 Å². The van der Waals surface area contributed by atoms with E-state index >= 15 is 0 Å². The maximum atomic E-state index is 6.18. The van der Waals surface area contributed by atoms with Crippen LogP contribution in [-0.4, -0.2) is 18.0 Å². The van der Waals surface area contributed by atoms with Crippen molar-refractivity contribution >= 4 is 22.7 Å². The summed E-state index contributed by atoms with van der Waals surface area (Å²) in [6.45, 7) is 7.83. The number of nitrogen functional groups attached to an aromatic ring is 2. The van der Waals surface area contributed by atoms with Crippen molar-refractivity contribution in [3.05, 3.63) is 34.5 Å². The van der Waals surface area contributed by atoms with E-state index in [1.807, 2.05) is 18.2 Å². The van der Waals surface area contributed by atoms with E-state index in [1.165, 1.54) is 36.8 Å². The molecule has 0 aliphatic carbocycles. The Kier molecular flexibility index (Phi) is 6.93. The normalized spacial score (nSPS) is 11.3. The molecule has 0 aliphatic heterocycles. The summed E-state index contributed by atoms with van der Waals surface area (Å²) in [7, 11) is 0. The Balaban J connectivity index is 2.20. The van der Waals surface area contributed by atoms with Crippen molar-refractivity contribution in [2.45, 2.75) is 46.1 Å². The molecule has 0 radical (unpaired) electrons. The van der Waals surface area contributed by atoms with Crippen LogP contribution >= 0.6 is 11.3 Å². The van der Waals surface area contributed by atoms with E-state index in [2.05, 4.69) is 29.5 Å². The van der Waals surface area contributed by atoms with E-state index in [4.69, 9.17) is 11.5 Å². The Morgan fingerprint density at radius 1 is 0.957 bits per heavy atom. The fourth-order valence-corrected chi connectivity index (χ4v) is 3.61. The maximum absolute atomic E-state index is 6.18. The summed E-state index contributed by atoms with van der Waals surface area (Å²) >= 11 is 1.74. The molecule has 0 aliphatic rings. The lowest BCUT2D eigenvalue weighted by Crippen LogP contribution is -2.25. The molecule has 3 nitrogen and oxygen atoms in total. The first-order valence-corrected chi connectivity index (χ1v) is 9.52. The minimum atomic E-state index is 0.764. The predicted octanol–water partition coefficient (Wildman–Crippen LogP) is 4.98. The van der Waals surface area contributed by atoms with E-state index in [-0.39, 0.29) is 0 Å². The van der Waals surface area contributed by atoms with Gasteiger partial charge in [-0.3, -0.25) is 4.90 Å². The fraction of sp³-hybridized carbons (Fsp3) is 0.474. The number of anilines is 2. The number of benzene rings is 1. The van der Waals surface area contributed by atoms with Crippen LogP contribution in [0.3, 0.4) is 0 Å². The maximum Gasteiger partial charge on any atom is 0.0395 e. The second-order valence-corrected chi connectivity index (χ2v) is 6.88. The standard InChI is InChI=1S/C19H29N3S/c1-3-5-9-22(10-6-4-2)12-15-13-23-14-18(15)17-11-16(20)7-8-19(17)21/h7-8,11,13-14H,3-6,9-10,12,20-21H2,1-2H3. The number of unbranched alkanes of at least 4 members (excludes halogenated alkanes) is 2. The third-order valence-electron chi connectivity index (χ3n) is 4.16. The molecule has 0 amide bonds. The second kappa shape index (κ2) is 8.94. The van der Waals surface area contributed by atoms with Crippen molar-refractivity contribution in [3.63, 3.8) is 0 Å². The molecule has 2 aromatic rings. The summed E-state index contributed by atoms with van der Waals surface area (Å²) in [4.78, 5) is 2.57. The Hall–Kier alpha value is -1.52. The predicted molar refractivity (Wildman–Crippen MR) is 104 cm³/mol. The van der Waals surface area contributed by atoms with Crippen LogP contribution < -0.4 is 11.5 Å². The number of nitrogens with zero attached hydrogens (tertiary/aromatic N) is 1. The molecule has 0 unspecified atom stereocenters. The van der Waals surface area contributed by atoms with Gasteiger partial charge in [-0.05, 0) is 66.0 Å². The van der Waals surface area contributed by atoms with Crippen LogP contribution in [0, 0.1) is 0 Å². The molecule has 1 aromatic carbocycles. The summed E-state index contributed by atoms with van der Waals surface area (Å²) < 4.78 is 0. The smallest absolute Gasteiger partial charge is 0.0395 e. The van der Waals surface area contributed by atoms with Crippen LogP contribution in [0.15, 0.2) is 29.0 Å². The van der Waals surface area contributed by atoms with Gasteiger partial charge in [0.25, 0.3) is 0 Å². The zero-order chi connectivity index (χ0) is 16.7. The summed E-state index contributed by atoms with van der Waals surface area (Å²) in [5.41, 5.74) is 17.3. The van der Waals surface area contributed by atoms with Crippen LogP contribution in [0.5, 0.6) is 0 Å². The van der Waals surface area contributed by atoms with Gasteiger partial charge >= 0.3 is 0 Å². The first-order chi connectivity index (χ1) is 11.2. The van der Waals surface area contributed by atoms with Crippen molar-refractivity contribution in [2.75, 3.05) is 24.6 Å². The third kappa shape index (κ3) is 4.98. The average molecular weight is 332 g/mol. The molecule has 0 atom stereocenters. The van der Waals surface area contributed by atoms with Gasteiger partial charge in [-0.2, -0.15) is 11.3 Å². The quantitative estimate of drug-likeness (QED) is 0.637. The number of thiophene rings is 1. The Bertz CT molecular complexity index is 598. The minimum absolute atomic E-state index is 0.764. The molecule has 0 fully saturated rings. The SMILES string of the molecule is CCCCN(CCCC)Cc1cscc1-c1cc(N)ccc1N. The van der Waals surface area contributed by atoms with Gasteiger partial charge in [0.2, 0.25) is 0 Å². The van der Waals surface area contributed by atoms with Crippen LogP contribution in [0.2, 0.25) is 0 Å². The number of nitrogens with two attached hydrogens (primary N) is 2. The van der Waals surface area contributed by atoms with Crippen LogP contribution in [0.1, 0.15) is 45.1 Å². The molecule has 1 aromatic heterocycles. The first-order valence-electron chi connectivity index (χ1n) is 8.58. The lowest BCUT2D eigenvalue weighted by molar-refractivity contribution is 0.257. The van der Waals surface area contributed by atoms with Crippen LogP contribution in [0.25, 0.3) is 11.1 Å². The van der Waals surface area contributed by atoms with Crippen molar-refractivity contribution in [3.8, 4) is 11.1 Å². The number of rotatable bonds is 9. The van der Waals surface area contributed by atoms with E-state index in [0.717, 1.165) is 36.6 Å². The molecule has 0 saturated heterocycles. The minimum Gasteiger partial charge on any atom is -0.399 e. The summed E-state index contributed by atoms with van der Waals surface area (Å²) in [5.74, 6) is 0. The third-order valence-corrected chi connectivity index (χ3v) is 4.95. The van der Waals surface area contributed by atoms with E-state index < -0.39 is 0 Å². The highest BCUT2D eigenvalue weighted by Gasteiger charge is 2.13. The molecule has 0 spiro atoms. The fourth-order valence-electron chi connectivity index (χ4n) is 2.76. The highest BCUT2D eigenvalue weighted by atomic mass is 32.1. The summed E-state index contributed by atoms with van der Waals surface area (Å²) in [6.07, 6.45) is 4.98. The number of hydrogen-bond acceptors (Lipinski definition) is 4. The lowest BCUT2D eigenvalue weighted by Gasteiger charge is -2.22. The molecule has 1 heterocycles. The van der Waals surface area contributed by atoms with E-state index in [1.54, 1.807) is 11.3 Å². The largest absolute Gasteiger partial charge is 0.399 e. The summed E-state index contributed by atoms with van der Waals surface area (Å²) in [6, 6.07) is 5.75. The zero-order valence-electron chi connectivity index (χ0n) is 14.3. The number of hydrogen-bond donors (Lipinski definition) is 2. The molecular weight excluding hydrogens is 302 g/mol. The van der Waals surface area contributed by atoms with Gasteiger partial charge in [-0.25, -0.2) is 0 Å². The highest BCUT2D eigenvalue weighted by Crippen LogP contribution is 2.34. The van der Waals surface area contributed by atoms with E-state index in [0.29, 0.717) is 0 Å². The van der Waals surface area contributed by atoms with Crippen molar-refractivity contribution in [1.82, 2.24) is 4.90 Å². The first kappa shape index (κ1) is 17.8. The van der Waals surface area contributed by atoms with Crippen LogP contribution in [-0.2, 0) is 6.54 Å². The lowest BCUT2D eigenvalue weighted by atomic mass is 10.0. The van der Waals surface area contributed by atoms with Gasteiger partial charge in [0.05, 0.1) is 0 Å². The van der Waals surface area contributed by atoms with Crippen molar-refractivity contribution in [2.24, 2.45) is 0 Å². The Labute approximate surface area is 144 Å². The van der Waals surface area contributed by atoms with E-state index in [9.17, 15) is 0 Å². The average Bonchev–Trinajstić information content (AvgIpc) is 3.00.